The van der Waals surface area contributed by atoms with E-state index in [2.05, 4.69) is 21.4 Å². The molecule has 1 aliphatic heterocycles. The minimum atomic E-state index is -1.08. The lowest BCUT2D eigenvalue weighted by Gasteiger charge is -2.37. The van der Waals surface area contributed by atoms with Gasteiger partial charge in [-0.1, -0.05) is 0 Å². The molecule has 3 heterocycles. The molecule has 9 nitrogen and oxygen atoms in total. The van der Waals surface area contributed by atoms with Gasteiger partial charge in [-0.2, -0.15) is 5.26 Å². The van der Waals surface area contributed by atoms with Crippen molar-refractivity contribution >= 4 is 34.1 Å². The van der Waals surface area contributed by atoms with E-state index in [9.17, 15) is 9.90 Å². The SMILES string of the molecule is Cc1c(-c2cc(N)c3cnc(N(C(=O)O)[C@H]4C[C@@H](C#N)C4)cc3c2)cnc2c1NCCO2. The number of carbonyl (C=O) groups is 1. The van der Waals surface area contributed by atoms with Crippen molar-refractivity contribution in [1.82, 2.24) is 9.97 Å². The average molecular weight is 430 g/mol. The van der Waals surface area contributed by atoms with Gasteiger partial charge in [0.25, 0.3) is 0 Å². The van der Waals surface area contributed by atoms with Crippen LogP contribution in [-0.4, -0.2) is 40.4 Å². The minimum Gasteiger partial charge on any atom is -0.474 e. The van der Waals surface area contributed by atoms with Gasteiger partial charge in [-0.05, 0) is 54.5 Å². The Balaban J connectivity index is 1.57. The molecule has 0 radical (unpaired) electrons. The van der Waals surface area contributed by atoms with Gasteiger partial charge in [0.2, 0.25) is 5.88 Å². The van der Waals surface area contributed by atoms with E-state index in [0.29, 0.717) is 43.4 Å². The number of hydrogen-bond acceptors (Lipinski definition) is 7. The number of pyridine rings is 2. The first kappa shape index (κ1) is 19.9. The zero-order chi connectivity index (χ0) is 22.4. The van der Waals surface area contributed by atoms with Crippen LogP contribution in [0.5, 0.6) is 5.88 Å². The summed E-state index contributed by atoms with van der Waals surface area (Å²) in [6.45, 7) is 3.30. The number of aromatic nitrogens is 2. The molecule has 5 rings (SSSR count). The molecule has 9 heteroatoms. The fraction of sp³-hybridized carbons (Fsp3) is 0.304. The van der Waals surface area contributed by atoms with Crippen LogP contribution in [-0.2, 0) is 0 Å². The number of amides is 1. The molecule has 0 unspecified atom stereocenters. The Hall–Kier alpha value is -4.06. The van der Waals surface area contributed by atoms with Crippen LogP contribution in [0.25, 0.3) is 21.9 Å². The van der Waals surface area contributed by atoms with Crippen LogP contribution in [0.1, 0.15) is 18.4 Å². The molecule has 0 saturated heterocycles. The van der Waals surface area contributed by atoms with Crippen LogP contribution < -0.4 is 20.7 Å². The predicted molar refractivity (Wildman–Crippen MR) is 121 cm³/mol. The maximum Gasteiger partial charge on any atom is 0.413 e. The summed E-state index contributed by atoms with van der Waals surface area (Å²) in [4.78, 5) is 22.0. The molecule has 1 aliphatic carbocycles. The maximum atomic E-state index is 12.0. The van der Waals surface area contributed by atoms with Gasteiger partial charge in [-0.15, -0.1) is 0 Å². The first-order valence-electron chi connectivity index (χ1n) is 10.4. The van der Waals surface area contributed by atoms with E-state index in [1.54, 1.807) is 18.5 Å². The van der Waals surface area contributed by atoms with Gasteiger partial charge in [0.05, 0.1) is 12.0 Å². The molecule has 2 aliphatic rings. The highest BCUT2D eigenvalue weighted by Crippen LogP contribution is 2.39. The van der Waals surface area contributed by atoms with Gasteiger partial charge in [0.15, 0.2) is 0 Å². The summed E-state index contributed by atoms with van der Waals surface area (Å²) in [5, 5.41) is 23.7. The van der Waals surface area contributed by atoms with E-state index in [1.807, 2.05) is 19.1 Å². The number of hydrogen-bond donors (Lipinski definition) is 3. The average Bonchev–Trinajstić information content (AvgIpc) is 2.75. The fourth-order valence-electron chi connectivity index (χ4n) is 4.42. The molecule has 1 amide bonds. The van der Waals surface area contributed by atoms with Crippen molar-refractivity contribution < 1.29 is 14.6 Å². The summed E-state index contributed by atoms with van der Waals surface area (Å²) in [7, 11) is 0. The summed E-state index contributed by atoms with van der Waals surface area (Å²) in [6, 6.07) is 7.53. The molecule has 1 aromatic carbocycles. The van der Waals surface area contributed by atoms with Gasteiger partial charge in [0, 0.05) is 41.6 Å². The second-order valence-corrected chi connectivity index (χ2v) is 8.19. The van der Waals surface area contributed by atoms with E-state index in [-0.39, 0.29) is 12.0 Å². The molecule has 1 saturated carbocycles. The van der Waals surface area contributed by atoms with Crippen molar-refractivity contribution in [1.29, 1.82) is 5.26 Å². The number of nitrogens with one attached hydrogen (secondary N) is 1. The summed E-state index contributed by atoms with van der Waals surface area (Å²) in [5.41, 5.74) is 10.6. The fourth-order valence-corrected chi connectivity index (χ4v) is 4.42. The first-order valence-corrected chi connectivity index (χ1v) is 10.4. The van der Waals surface area contributed by atoms with Gasteiger partial charge in [-0.3, -0.25) is 4.90 Å². The Kier molecular flexibility index (Phi) is 4.70. The predicted octanol–water partition coefficient (Wildman–Crippen LogP) is 3.78. The Morgan fingerprint density at radius 1 is 1.31 bits per heavy atom. The van der Waals surface area contributed by atoms with Crippen molar-refractivity contribution in [2.24, 2.45) is 5.92 Å². The van der Waals surface area contributed by atoms with Crippen LogP contribution in [0, 0.1) is 24.2 Å². The standard InChI is InChI=1S/C23H22N6O3/c1-12-17(10-28-22-21(12)26-2-3-32-22)14-6-15-8-20(27-11-18(15)19(25)7-14)29(23(30)31)16-4-13(5-16)9-24/h6-8,10-11,13,16,26H,2-5,25H2,1H3,(H,30,31)/t13-,16+. The zero-order valence-electron chi connectivity index (χ0n) is 17.5. The second-order valence-electron chi connectivity index (χ2n) is 8.19. The highest BCUT2D eigenvalue weighted by atomic mass is 16.5. The summed E-state index contributed by atoms with van der Waals surface area (Å²) in [6.07, 6.45) is 3.32. The van der Waals surface area contributed by atoms with E-state index in [0.717, 1.165) is 33.2 Å². The Bertz CT molecular complexity index is 1280. The third-order valence-corrected chi connectivity index (χ3v) is 6.23. The van der Waals surface area contributed by atoms with Crippen LogP contribution in [0.3, 0.4) is 0 Å². The van der Waals surface area contributed by atoms with Crippen LogP contribution in [0.15, 0.2) is 30.6 Å². The van der Waals surface area contributed by atoms with Gasteiger partial charge >= 0.3 is 6.09 Å². The van der Waals surface area contributed by atoms with Crippen molar-refractivity contribution in [3.63, 3.8) is 0 Å². The van der Waals surface area contributed by atoms with E-state index in [4.69, 9.17) is 15.7 Å². The summed E-state index contributed by atoms with van der Waals surface area (Å²) < 4.78 is 5.62. The van der Waals surface area contributed by atoms with Crippen molar-refractivity contribution in [3.8, 4) is 23.1 Å². The van der Waals surface area contributed by atoms with Crippen LogP contribution >= 0.6 is 0 Å². The molecule has 0 atom stereocenters. The molecule has 162 valence electrons. The molecule has 2 aromatic heterocycles. The number of nitrogen functional groups attached to an aromatic ring is 1. The molecule has 0 spiro atoms. The molecule has 1 fully saturated rings. The lowest BCUT2D eigenvalue weighted by atomic mass is 9.80. The highest BCUT2D eigenvalue weighted by molar-refractivity contribution is 5.99. The lowest BCUT2D eigenvalue weighted by Crippen LogP contribution is -2.47. The highest BCUT2D eigenvalue weighted by Gasteiger charge is 2.37. The number of ether oxygens (including phenoxy) is 1. The molecule has 0 bridgehead atoms. The van der Waals surface area contributed by atoms with Gasteiger partial charge < -0.3 is 20.9 Å². The number of anilines is 3. The maximum absolute atomic E-state index is 12.0. The number of nitrogens with two attached hydrogens (primary N) is 1. The third-order valence-electron chi connectivity index (χ3n) is 6.23. The smallest absolute Gasteiger partial charge is 0.413 e. The number of nitriles is 1. The normalized spacial score (nSPS) is 19.1. The lowest BCUT2D eigenvalue weighted by molar-refractivity contribution is 0.189. The molecular formula is C23H22N6O3. The number of fused-ring (bicyclic) bond motifs is 2. The minimum absolute atomic E-state index is 0.110. The topological polar surface area (TPSA) is 137 Å². The van der Waals surface area contributed by atoms with Crippen molar-refractivity contribution in [2.75, 3.05) is 29.1 Å². The van der Waals surface area contributed by atoms with Gasteiger partial charge in [-0.25, -0.2) is 14.8 Å². The molecule has 4 N–H and O–H groups in total. The van der Waals surface area contributed by atoms with E-state index in [1.165, 1.54) is 4.90 Å². The summed E-state index contributed by atoms with van der Waals surface area (Å²) >= 11 is 0. The Morgan fingerprint density at radius 3 is 2.88 bits per heavy atom. The summed E-state index contributed by atoms with van der Waals surface area (Å²) in [5.74, 6) is 0.811. The number of carboxylic acid groups (broad SMARTS) is 1. The van der Waals surface area contributed by atoms with Gasteiger partial charge in [0.1, 0.15) is 18.1 Å². The Morgan fingerprint density at radius 2 is 2.12 bits per heavy atom. The number of benzene rings is 1. The van der Waals surface area contributed by atoms with Crippen molar-refractivity contribution in [2.45, 2.75) is 25.8 Å². The quantitative estimate of drug-likeness (QED) is 0.534. The molecule has 3 aromatic rings. The second kappa shape index (κ2) is 7.57. The Labute approximate surface area is 184 Å². The third kappa shape index (κ3) is 3.21. The molecular weight excluding hydrogens is 408 g/mol. The monoisotopic (exact) mass is 430 g/mol. The van der Waals surface area contributed by atoms with Crippen LogP contribution in [0.2, 0.25) is 0 Å². The van der Waals surface area contributed by atoms with Crippen LogP contribution in [0.4, 0.5) is 22.0 Å². The zero-order valence-corrected chi connectivity index (χ0v) is 17.5. The van der Waals surface area contributed by atoms with E-state index < -0.39 is 6.09 Å². The molecule has 32 heavy (non-hydrogen) atoms. The van der Waals surface area contributed by atoms with Crippen molar-refractivity contribution in [3.05, 3.63) is 36.2 Å². The van der Waals surface area contributed by atoms with E-state index >= 15 is 0 Å². The first-order chi connectivity index (χ1) is 15.5. The number of rotatable bonds is 3. The largest absolute Gasteiger partial charge is 0.474 e. The number of nitrogens with zero attached hydrogens (tertiary/aromatic N) is 4.